The quantitative estimate of drug-likeness (QED) is 0.402. The minimum atomic E-state index is -0.715. The number of hydrogen-bond acceptors (Lipinski definition) is 4. The Labute approximate surface area is 208 Å². The second-order valence-electron chi connectivity index (χ2n) is 8.79. The number of hydrogen-bond donors (Lipinski definition) is 2. The van der Waals surface area contributed by atoms with E-state index >= 15 is 0 Å². The highest BCUT2D eigenvalue weighted by Gasteiger charge is 2.17. The van der Waals surface area contributed by atoms with Gasteiger partial charge in [0.25, 0.3) is 5.56 Å². The number of carbonyl (C=O) groups excluding carboxylic acids is 2. The molecule has 1 heterocycles. The number of fused-ring (bicyclic) bond motifs is 1. The molecule has 0 unspecified atom stereocenters. The number of anilines is 1. The molecule has 0 fully saturated rings. The fourth-order valence-electron chi connectivity index (χ4n) is 4.24. The number of para-hydroxylation sites is 1. The zero-order valence-electron chi connectivity index (χ0n) is 20.3. The second-order valence-corrected chi connectivity index (χ2v) is 8.79. The van der Waals surface area contributed by atoms with Gasteiger partial charge in [-0.05, 0) is 61.2 Å². The molecule has 0 radical (unpaired) electrons. The molecule has 0 bridgehead atoms. The number of rotatable bonds is 8. The van der Waals surface area contributed by atoms with Gasteiger partial charge in [0.15, 0.2) is 0 Å². The third-order valence-corrected chi connectivity index (χ3v) is 5.82. The van der Waals surface area contributed by atoms with Crippen LogP contribution in [0.5, 0.6) is 0 Å². The van der Waals surface area contributed by atoms with Crippen molar-refractivity contribution in [2.45, 2.75) is 33.4 Å². The maximum absolute atomic E-state index is 13.3. The molecule has 8 nitrogen and oxygen atoms in total. The Morgan fingerprint density at radius 3 is 2.14 bits per heavy atom. The SMILES string of the molecule is Cc1cc(C)cc(NC(=O)Cn2c(=O)n(CC(=O)NCCc3ccccc3)c(=O)c3ccccc32)c1. The first-order valence-electron chi connectivity index (χ1n) is 11.7. The summed E-state index contributed by atoms with van der Waals surface area (Å²) in [4.78, 5) is 51.8. The molecule has 0 aliphatic heterocycles. The number of benzene rings is 3. The second kappa shape index (κ2) is 10.9. The van der Waals surface area contributed by atoms with Gasteiger partial charge >= 0.3 is 5.69 Å². The van der Waals surface area contributed by atoms with E-state index in [4.69, 9.17) is 0 Å². The Morgan fingerprint density at radius 2 is 1.42 bits per heavy atom. The predicted octanol–water partition coefficient (Wildman–Crippen LogP) is 2.78. The summed E-state index contributed by atoms with van der Waals surface area (Å²) in [5.41, 5.74) is 2.74. The van der Waals surface area contributed by atoms with Crippen LogP contribution in [-0.2, 0) is 29.1 Å². The van der Waals surface area contributed by atoms with E-state index in [0.29, 0.717) is 24.2 Å². The fraction of sp³-hybridized carbons (Fsp3) is 0.214. The molecular formula is C28H28N4O4. The summed E-state index contributed by atoms with van der Waals surface area (Å²) in [5, 5.41) is 5.83. The van der Waals surface area contributed by atoms with Gasteiger partial charge < -0.3 is 10.6 Å². The van der Waals surface area contributed by atoms with Gasteiger partial charge in [-0.25, -0.2) is 4.79 Å². The molecule has 3 aromatic carbocycles. The number of carbonyl (C=O) groups is 2. The van der Waals surface area contributed by atoms with Crippen molar-refractivity contribution in [3.63, 3.8) is 0 Å². The summed E-state index contributed by atoms with van der Waals surface area (Å²) in [6.45, 7) is 3.50. The number of nitrogens with zero attached hydrogens (tertiary/aromatic N) is 2. The summed E-state index contributed by atoms with van der Waals surface area (Å²) in [6.07, 6.45) is 0.627. The van der Waals surface area contributed by atoms with E-state index in [1.165, 1.54) is 4.57 Å². The first-order chi connectivity index (χ1) is 17.3. The lowest BCUT2D eigenvalue weighted by Crippen LogP contribution is -2.45. The third kappa shape index (κ3) is 5.78. The van der Waals surface area contributed by atoms with Gasteiger partial charge in [-0.2, -0.15) is 0 Å². The van der Waals surface area contributed by atoms with Gasteiger partial charge in [0.05, 0.1) is 10.9 Å². The zero-order chi connectivity index (χ0) is 25.7. The van der Waals surface area contributed by atoms with Crippen LogP contribution in [0.3, 0.4) is 0 Å². The van der Waals surface area contributed by atoms with Crippen LogP contribution in [-0.4, -0.2) is 27.5 Å². The average Bonchev–Trinajstić information content (AvgIpc) is 2.84. The Kier molecular flexibility index (Phi) is 7.44. The van der Waals surface area contributed by atoms with Gasteiger partial charge in [0, 0.05) is 12.2 Å². The largest absolute Gasteiger partial charge is 0.354 e. The molecule has 2 N–H and O–H groups in total. The van der Waals surface area contributed by atoms with Crippen molar-refractivity contribution in [1.29, 1.82) is 0 Å². The van der Waals surface area contributed by atoms with Crippen LogP contribution >= 0.6 is 0 Å². The molecule has 0 saturated heterocycles. The van der Waals surface area contributed by atoms with Crippen LogP contribution in [0.15, 0.2) is 82.4 Å². The molecule has 4 rings (SSSR count). The highest BCUT2D eigenvalue weighted by molar-refractivity contribution is 5.92. The number of amides is 2. The molecule has 1 aromatic heterocycles. The predicted molar refractivity (Wildman–Crippen MR) is 140 cm³/mol. The van der Waals surface area contributed by atoms with Crippen LogP contribution in [0.25, 0.3) is 10.9 Å². The number of aryl methyl sites for hydroxylation is 2. The molecular weight excluding hydrogens is 456 g/mol. The minimum Gasteiger partial charge on any atom is -0.354 e. The summed E-state index contributed by atoms with van der Waals surface area (Å²) >= 11 is 0. The molecule has 4 aromatic rings. The molecule has 0 aliphatic carbocycles. The van der Waals surface area contributed by atoms with Gasteiger partial charge in [-0.15, -0.1) is 0 Å². The maximum atomic E-state index is 13.3. The Balaban J connectivity index is 1.56. The molecule has 0 saturated carbocycles. The molecule has 184 valence electrons. The lowest BCUT2D eigenvalue weighted by Gasteiger charge is -2.14. The van der Waals surface area contributed by atoms with Gasteiger partial charge in [-0.3, -0.25) is 23.5 Å². The topological polar surface area (TPSA) is 102 Å². The van der Waals surface area contributed by atoms with Crippen LogP contribution in [0.1, 0.15) is 16.7 Å². The van der Waals surface area contributed by atoms with E-state index in [2.05, 4.69) is 10.6 Å². The maximum Gasteiger partial charge on any atom is 0.332 e. The Bertz CT molecular complexity index is 1520. The molecule has 36 heavy (non-hydrogen) atoms. The standard InChI is InChI=1S/C28H28N4O4/c1-19-14-20(2)16-22(15-19)30-26(34)18-31-24-11-7-6-10-23(24)27(35)32(28(31)36)17-25(33)29-13-12-21-8-4-3-5-9-21/h3-11,14-16H,12-13,17-18H2,1-2H3,(H,29,33)(H,30,34). The van der Waals surface area contributed by atoms with E-state index in [1.807, 2.05) is 62.4 Å². The van der Waals surface area contributed by atoms with Crippen LogP contribution in [0.2, 0.25) is 0 Å². The van der Waals surface area contributed by atoms with Gasteiger partial charge in [0.2, 0.25) is 11.8 Å². The van der Waals surface area contributed by atoms with Gasteiger partial charge in [0.1, 0.15) is 13.1 Å². The van der Waals surface area contributed by atoms with Crippen molar-refractivity contribution in [3.05, 3.63) is 110 Å². The molecule has 8 heteroatoms. The van der Waals surface area contributed by atoms with Crippen molar-refractivity contribution < 1.29 is 9.59 Å². The van der Waals surface area contributed by atoms with Crippen molar-refractivity contribution in [1.82, 2.24) is 14.5 Å². The highest BCUT2D eigenvalue weighted by Crippen LogP contribution is 2.14. The van der Waals surface area contributed by atoms with Crippen LogP contribution < -0.4 is 21.9 Å². The molecule has 0 spiro atoms. The molecule has 0 atom stereocenters. The Hall–Kier alpha value is -4.46. The third-order valence-electron chi connectivity index (χ3n) is 5.82. The fourth-order valence-corrected chi connectivity index (χ4v) is 4.24. The van der Waals surface area contributed by atoms with Crippen molar-refractivity contribution in [2.24, 2.45) is 0 Å². The Morgan fingerprint density at radius 1 is 0.778 bits per heavy atom. The highest BCUT2D eigenvalue weighted by atomic mass is 16.2. The zero-order valence-corrected chi connectivity index (χ0v) is 20.3. The van der Waals surface area contributed by atoms with E-state index in [0.717, 1.165) is 21.3 Å². The van der Waals surface area contributed by atoms with E-state index in [-0.39, 0.29) is 11.9 Å². The van der Waals surface area contributed by atoms with E-state index in [1.54, 1.807) is 24.3 Å². The summed E-state index contributed by atoms with van der Waals surface area (Å²) in [6, 6.07) is 21.9. The van der Waals surface area contributed by atoms with Crippen LogP contribution in [0.4, 0.5) is 5.69 Å². The summed E-state index contributed by atoms with van der Waals surface area (Å²) in [7, 11) is 0. The summed E-state index contributed by atoms with van der Waals surface area (Å²) < 4.78 is 2.11. The lowest BCUT2D eigenvalue weighted by atomic mass is 10.1. The van der Waals surface area contributed by atoms with Crippen molar-refractivity contribution >= 4 is 28.4 Å². The number of nitrogens with one attached hydrogen (secondary N) is 2. The monoisotopic (exact) mass is 484 g/mol. The first kappa shape index (κ1) is 24.7. The normalized spacial score (nSPS) is 10.8. The van der Waals surface area contributed by atoms with Crippen molar-refractivity contribution in [2.75, 3.05) is 11.9 Å². The van der Waals surface area contributed by atoms with Crippen molar-refractivity contribution in [3.8, 4) is 0 Å². The van der Waals surface area contributed by atoms with E-state index < -0.39 is 29.6 Å². The first-order valence-corrected chi connectivity index (χ1v) is 11.7. The minimum absolute atomic E-state index is 0.258. The van der Waals surface area contributed by atoms with E-state index in [9.17, 15) is 19.2 Å². The smallest absolute Gasteiger partial charge is 0.332 e. The lowest BCUT2D eigenvalue weighted by molar-refractivity contribution is -0.121. The summed E-state index contributed by atoms with van der Waals surface area (Å²) in [5.74, 6) is -0.864. The molecule has 2 amide bonds. The molecule has 0 aliphatic rings. The number of aromatic nitrogens is 2. The van der Waals surface area contributed by atoms with Gasteiger partial charge in [-0.1, -0.05) is 48.5 Å². The average molecular weight is 485 g/mol. The van der Waals surface area contributed by atoms with Crippen LogP contribution in [0, 0.1) is 13.8 Å².